The number of carbonyl (C=O) groups excluding carboxylic acids is 3. The smallest absolute Gasteiger partial charge is 0.407 e. The number of thioether (sulfide) groups is 1. The number of rotatable bonds is 16. The van der Waals surface area contributed by atoms with Crippen molar-refractivity contribution < 1.29 is 28.9 Å². The number of aromatic amines is 2. The highest BCUT2D eigenvalue weighted by molar-refractivity contribution is 7.99. The minimum atomic E-state index is -0.709. The second-order valence-corrected chi connectivity index (χ2v) is 17.1. The van der Waals surface area contributed by atoms with Gasteiger partial charge in [-0.15, -0.1) is 0 Å². The Kier molecular flexibility index (Phi) is 14.2. The van der Waals surface area contributed by atoms with Gasteiger partial charge in [-0.25, -0.2) is 14.8 Å². The molecule has 0 spiro atoms. The molecule has 0 radical (unpaired) electrons. The number of nitrogens with zero attached hydrogens (tertiary/aromatic N) is 4. The van der Waals surface area contributed by atoms with Gasteiger partial charge in [0.2, 0.25) is 18.2 Å². The predicted octanol–water partition coefficient (Wildman–Crippen LogP) is 7.17. The number of alkyl carbamates (subject to hydrolysis) is 1. The van der Waals surface area contributed by atoms with Crippen LogP contribution >= 0.6 is 24.4 Å². The van der Waals surface area contributed by atoms with Crippen LogP contribution in [0.25, 0.3) is 33.6 Å². The highest BCUT2D eigenvalue weighted by atomic mass is 32.2. The van der Waals surface area contributed by atoms with Gasteiger partial charge in [0.15, 0.2) is 0 Å². The van der Waals surface area contributed by atoms with Gasteiger partial charge in [0, 0.05) is 18.3 Å². The third-order valence-corrected chi connectivity index (χ3v) is 12.8. The normalized spacial score (nSPS) is 20.4. The molecule has 6 rings (SSSR count). The molecule has 2 aliphatic rings. The molecule has 4 aromatic rings. The van der Waals surface area contributed by atoms with Crippen LogP contribution < -0.4 is 5.32 Å². The Labute approximate surface area is 349 Å². The van der Waals surface area contributed by atoms with Gasteiger partial charge < -0.3 is 34.7 Å². The quantitative estimate of drug-likeness (QED) is 0.0196. The Balaban J connectivity index is 1.13. The van der Waals surface area contributed by atoms with E-state index in [1.807, 2.05) is 56.1 Å². The van der Waals surface area contributed by atoms with E-state index in [1.165, 1.54) is 7.11 Å². The van der Waals surface area contributed by atoms with Crippen molar-refractivity contribution in [3.8, 4) is 33.6 Å². The van der Waals surface area contributed by atoms with E-state index >= 15 is 0 Å². The van der Waals surface area contributed by atoms with E-state index in [2.05, 4.69) is 81.3 Å². The number of imidazole rings is 2. The van der Waals surface area contributed by atoms with E-state index in [0.29, 0.717) is 25.2 Å². The Bertz CT molecular complexity index is 2020. The molecule has 2 aromatic heterocycles. The number of aromatic nitrogens is 4. The molecular weight excluding hydrogens is 777 g/mol. The van der Waals surface area contributed by atoms with Crippen LogP contribution in [-0.4, -0.2) is 104 Å². The van der Waals surface area contributed by atoms with Crippen molar-refractivity contribution in [2.75, 3.05) is 38.8 Å². The minimum absolute atomic E-state index is 0.0142. The molecule has 6 atom stereocenters. The van der Waals surface area contributed by atoms with E-state index in [1.54, 1.807) is 11.8 Å². The van der Waals surface area contributed by atoms with Gasteiger partial charge in [0.1, 0.15) is 24.3 Å². The van der Waals surface area contributed by atoms with Crippen LogP contribution in [0.15, 0.2) is 60.9 Å². The second-order valence-electron chi connectivity index (χ2n) is 15.6. The van der Waals surface area contributed by atoms with E-state index in [-0.39, 0.29) is 53.5 Å². The lowest BCUT2D eigenvalue weighted by atomic mass is 9.95. The van der Waals surface area contributed by atoms with Crippen LogP contribution in [0.2, 0.25) is 0 Å². The van der Waals surface area contributed by atoms with Crippen molar-refractivity contribution in [3.63, 3.8) is 0 Å². The fourth-order valence-corrected chi connectivity index (χ4v) is 8.75. The van der Waals surface area contributed by atoms with Crippen LogP contribution in [-0.2, 0) is 24.1 Å². The molecule has 4 N–H and O–H groups in total. The third kappa shape index (κ3) is 9.56. The summed E-state index contributed by atoms with van der Waals surface area (Å²) in [7, 11) is 1.29. The van der Waals surface area contributed by atoms with Crippen molar-refractivity contribution in [2.24, 2.45) is 23.7 Å². The molecule has 0 unspecified atom stereocenters. The zero-order valence-electron chi connectivity index (χ0n) is 33.8. The summed E-state index contributed by atoms with van der Waals surface area (Å²) < 4.78 is 4.79. The summed E-state index contributed by atoms with van der Waals surface area (Å²) in [5.41, 5.74) is 5.78. The average Bonchev–Trinajstić information content (AvgIpc) is 4.07. The lowest BCUT2D eigenvalue weighted by Gasteiger charge is -2.30. The van der Waals surface area contributed by atoms with Gasteiger partial charge in [0.25, 0.3) is 0 Å². The molecule has 3 amide bonds. The number of H-pyrrole nitrogens is 2. The fraction of sp³-hybridized carbons (Fsp3) is 0.476. The highest BCUT2D eigenvalue weighted by Gasteiger charge is 2.42. The summed E-state index contributed by atoms with van der Waals surface area (Å²) in [6, 6.07) is 15.4. The Morgan fingerprint density at radius 1 is 0.862 bits per heavy atom. The molecule has 2 aromatic carbocycles. The number of nitrogens with one attached hydrogen (secondary N) is 4. The van der Waals surface area contributed by atoms with Gasteiger partial charge in [-0.2, -0.15) is 29.3 Å². The number of benzene rings is 2. The lowest BCUT2D eigenvalue weighted by molar-refractivity contribution is -0.229. The number of likely N-dealkylation sites (tertiary alicyclic amines) is 2. The first-order chi connectivity index (χ1) is 28.0. The van der Waals surface area contributed by atoms with Crippen LogP contribution in [0.4, 0.5) is 4.79 Å². The Morgan fingerprint density at radius 2 is 1.40 bits per heavy atom. The van der Waals surface area contributed by atoms with Gasteiger partial charge in [0.05, 0.1) is 48.9 Å². The molecule has 2 fully saturated rings. The summed E-state index contributed by atoms with van der Waals surface area (Å²) in [6.07, 6.45) is 7.27. The number of hydrogen-bond acceptors (Lipinski definition) is 11. The third-order valence-electron chi connectivity index (χ3n) is 11.2. The van der Waals surface area contributed by atoms with E-state index in [0.717, 1.165) is 58.1 Å². The zero-order chi connectivity index (χ0) is 41.5. The van der Waals surface area contributed by atoms with E-state index in [9.17, 15) is 14.4 Å². The number of amides is 3. The summed E-state index contributed by atoms with van der Waals surface area (Å²) in [5, 5.41) is 10.0. The molecule has 0 bridgehead atoms. The average molecular weight is 831 g/mol. The van der Waals surface area contributed by atoms with Crippen LogP contribution in [0.3, 0.4) is 0 Å². The minimum Gasteiger partial charge on any atom is -0.453 e. The van der Waals surface area contributed by atoms with Crippen molar-refractivity contribution in [1.82, 2.24) is 35.1 Å². The van der Waals surface area contributed by atoms with Gasteiger partial charge in [-0.1, -0.05) is 76.2 Å². The molecule has 14 nitrogen and oxygen atoms in total. The summed E-state index contributed by atoms with van der Waals surface area (Å²) in [6.45, 7) is 8.98. The molecule has 2 saturated heterocycles. The van der Waals surface area contributed by atoms with Crippen LogP contribution in [0, 0.1) is 29.1 Å². The topological polar surface area (TPSA) is 179 Å². The largest absolute Gasteiger partial charge is 0.453 e. The number of hydrogen-bond donors (Lipinski definition) is 5. The lowest BCUT2D eigenvalue weighted by Crippen LogP contribution is -2.51. The van der Waals surface area contributed by atoms with Crippen molar-refractivity contribution in [3.05, 3.63) is 72.6 Å². The van der Waals surface area contributed by atoms with Crippen molar-refractivity contribution in [1.29, 1.82) is 5.41 Å². The molecule has 0 aliphatic carbocycles. The van der Waals surface area contributed by atoms with Gasteiger partial charge in [-0.05, 0) is 64.9 Å². The van der Waals surface area contributed by atoms with Crippen molar-refractivity contribution >= 4 is 48.7 Å². The molecule has 0 saturated carbocycles. The summed E-state index contributed by atoms with van der Waals surface area (Å²) in [4.78, 5) is 69.6. The van der Waals surface area contributed by atoms with Gasteiger partial charge >= 0.3 is 6.09 Å². The SMILES string of the molecule is COC(=O)N[C@H](C(=O)N1C[C@@H](SC)C[C@H]1c1ncc(-c2ccc(-c3ccc(-c4cnc([C@@H]5C[C@H](CS)CN5C(=O)[C@@H](COOC=N)C(C)C)[nH]4)cc3)cc2)[nH]1)C(C)C. The first-order valence-corrected chi connectivity index (χ1v) is 21.6. The zero-order valence-corrected chi connectivity index (χ0v) is 35.5. The maximum atomic E-state index is 13.8. The maximum Gasteiger partial charge on any atom is 0.407 e. The van der Waals surface area contributed by atoms with Gasteiger partial charge in [-0.3, -0.25) is 15.0 Å². The highest BCUT2D eigenvalue weighted by Crippen LogP contribution is 2.39. The Morgan fingerprint density at radius 3 is 1.88 bits per heavy atom. The molecule has 310 valence electrons. The predicted molar refractivity (Wildman–Crippen MR) is 228 cm³/mol. The van der Waals surface area contributed by atoms with E-state index in [4.69, 9.17) is 25.0 Å². The molecule has 58 heavy (non-hydrogen) atoms. The molecule has 4 heterocycles. The number of methoxy groups -OCH3 is 1. The summed E-state index contributed by atoms with van der Waals surface area (Å²) in [5.74, 6) is 1.65. The Hall–Kier alpha value is -4.80. The second kappa shape index (κ2) is 19.3. The number of carbonyl (C=O) groups is 3. The first-order valence-electron chi connectivity index (χ1n) is 19.6. The number of thiol groups is 1. The van der Waals surface area contributed by atoms with Crippen LogP contribution in [0.1, 0.15) is 64.3 Å². The van der Waals surface area contributed by atoms with Crippen molar-refractivity contribution in [2.45, 2.75) is 63.9 Å². The standard InChI is InChI=1S/C42H54N8O6S2/c1-24(2)32(21-55-56-23-43)40(51)49-19-26(22-57)15-35(49)38-44-17-33(46-38)29-11-7-27(8-12-29)28-9-13-30(14-10-28)34-18-45-39(47-34)36-16-31(58-6)20-50(36)41(52)37(25(3)4)48-42(53)54-5/h7-14,17-18,23-26,31-32,35-37,43,57H,15-16,19-22H2,1-6H3,(H,44,46)(H,45,47)(H,48,53)/t26-,31-,32-,35-,36-,37-/m0/s1. The van der Waals surface area contributed by atoms with E-state index < -0.39 is 18.1 Å². The first kappa shape index (κ1) is 42.8. The maximum absolute atomic E-state index is 13.8. The number of ether oxygens (including phenoxy) is 1. The molecule has 2 aliphatic heterocycles. The molecular formula is C42H54N8O6S2. The monoisotopic (exact) mass is 830 g/mol. The molecule has 16 heteroatoms. The summed E-state index contributed by atoms with van der Waals surface area (Å²) >= 11 is 6.28. The fourth-order valence-electron chi connectivity index (χ4n) is 7.81. The van der Waals surface area contributed by atoms with Crippen LogP contribution in [0.5, 0.6) is 0 Å².